The molecule has 1 fully saturated rings. The second-order valence-corrected chi connectivity index (χ2v) is 5.64. The predicted octanol–water partition coefficient (Wildman–Crippen LogP) is 2.06. The molecule has 1 saturated heterocycles. The second kappa shape index (κ2) is 7.02. The van der Waals surface area contributed by atoms with Crippen LogP contribution in [0.15, 0.2) is 30.5 Å². The molecule has 124 valence electrons. The molecule has 0 spiro atoms. The summed E-state index contributed by atoms with van der Waals surface area (Å²) in [5.41, 5.74) is 2.26. The largest absolute Gasteiger partial charge is 0.493 e. The van der Waals surface area contributed by atoms with Gasteiger partial charge < -0.3 is 19.5 Å². The topological polar surface area (TPSA) is 57.5 Å². The Bertz CT molecular complexity index is 656. The smallest absolute Gasteiger partial charge is 0.161 e. The lowest BCUT2D eigenvalue weighted by molar-refractivity contribution is 0.0919. The van der Waals surface area contributed by atoms with E-state index >= 15 is 0 Å². The lowest BCUT2D eigenvalue weighted by Crippen LogP contribution is -2.32. The van der Waals surface area contributed by atoms with Crippen molar-refractivity contribution in [3.8, 4) is 11.5 Å². The van der Waals surface area contributed by atoms with Crippen LogP contribution in [0.4, 0.5) is 0 Å². The van der Waals surface area contributed by atoms with Crippen LogP contribution >= 0.6 is 0 Å². The molecular weight excluding hydrogens is 294 g/mol. The molecule has 1 aromatic carbocycles. The van der Waals surface area contributed by atoms with Crippen LogP contribution in [0.3, 0.4) is 0 Å². The normalized spacial score (nSPS) is 20.7. The maximum atomic E-state index is 5.89. The minimum Gasteiger partial charge on any atom is -0.493 e. The Kier molecular flexibility index (Phi) is 4.83. The van der Waals surface area contributed by atoms with Gasteiger partial charge in [-0.25, -0.2) is 0 Å². The van der Waals surface area contributed by atoms with E-state index in [0.29, 0.717) is 0 Å². The number of aryl methyl sites for hydroxylation is 1. The Morgan fingerprint density at radius 2 is 2.09 bits per heavy atom. The van der Waals surface area contributed by atoms with Crippen molar-refractivity contribution in [1.82, 2.24) is 15.1 Å². The highest BCUT2D eigenvalue weighted by molar-refractivity contribution is 5.42. The fourth-order valence-corrected chi connectivity index (χ4v) is 2.99. The zero-order valence-corrected chi connectivity index (χ0v) is 13.8. The van der Waals surface area contributed by atoms with E-state index in [2.05, 4.69) is 10.4 Å². The van der Waals surface area contributed by atoms with Crippen LogP contribution in [0, 0.1) is 0 Å². The molecule has 6 heteroatoms. The molecule has 0 unspecified atom stereocenters. The van der Waals surface area contributed by atoms with Gasteiger partial charge in [0.05, 0.1) is 19.9 Å². The van der Waals surface area contributed by atoms with Gasteiger partial charge in [-0.15, -0.1) is 0 Å². The number of hydrogen-bond acceptors (Lipinski definition) is 5. The Hall–Kier alpha value is -2.05. The minimum absolute atomic E-state index is 0.0441. The third-order valence-electron chi connectivity index (χ3n) is 4.26. The van der Waals surface area contributed by atoms with E-state index in [1.807, 2.05) is 42.2 Å². The third kappa shape index (κ3) is 3.33. The van der Waals surface area contributed by atoms with Crippen molar-refractivity contribution >= 4 is 0 Å². The molecule has 1 N–H and O–H groups in total. The molecule has 0 amide bonds. The SMILES string of the molecule is COc1ccc(CN[C@H]2CCO[C@@H]2c2ccnn2C)cc1OC. The Morgan fingerprint density at radius 1 is 1.26 bits per heavy atom. The van der Waals surface area contributed by atoms with E-state index in [1.165, 1.54) is 0 Å². The molecule has 2 atom stereocenters. The van der Waals surface area contributed by atoms with Crippen LogP contribution in [0.1, 0.15) is 23.8 Å². The summed E-state index contributed by atoms with van der Waals surface area (Å²) in [4.78, 5) is 0. The van der Waals surface area contributed by atoms with Crippen molar-refractivity contribution in [1.29, 1.82) is 0 Å². The number of nitrogens with zero attached hydrogens (tertiary/aromatic N) is 2. The summed E-state index contributed by atoms with van der Waals surface area (Å²) in [5, 5.41) is 7.82. The molecule has 1 aliphatic rings. The minimum atomic E-state index is 0.0441. The van der Waals surface area contributed by atoms with E-state index in [9.17, 15) is 0 Å². The van der Waals surface area contributed by atoms with Crippen LogP contribution in [-0.2, 0) is 18.3 Å². The van der Waals surface area contributed by atoms with Crippen molar-refractivity contribution in [3.05, 3.63) is 41.7 Å². The van der Waals surface area contributed by atoms with Crippen molar-refractivity contribution in [2.75, 3.05) is 20.8 Å². The van der Waals surface area contributed by atoms with Gasteiger partial charge in [-0.05, 0) is 30.2 Å². The summed E-state index contributed by atoms with van der Waals surface area (Å²) in [5.74, 6) is 1.49. The van der Waals surface area contributed by atoms with Gasteiger partial charge in [0.1, 0.15) is 6.10 Å². The van der Waals surface area contributed by atoms with Gasteiger partial charge in [-0.1, -0.05) is 6.07 Å². The summed E-state index contributed by atoms with van der Waals surface area (Å²) in [7, 11) is 5.24. The monoisotopic (exact) mass is 317 g/mol. The lowest BCUT2D eigenvalue weighted by Gasteiger charge is -2.20. The number of benzene rings is 1. The van der Waals surface area contributed by atoms with Gasteiger partial charge in [-0.2, -0.15) is 5.10 Å². The molecule has 23 heavy (non-hydrogen) atoms. The molecule has 0 radical (unpaired) electrons. The fraction of sp³-hybridized carbons (Fsp3) is 0.471. The van der Waals surface area contributed by atoms with Crippen LogP contribution in [0.2, 0.25) is 0 Å². The summed E-state index contributed by atoms with van der Waals surface area (Å²) >= 11 is 0. The average molecular weight is 317 g/mol. The molecule has 0 aliphatic carbocycles. The second-order valence-electron chi connectivity index (χ2n) is 5.64. The first kappa shape index (κ1) is 15.8. The first-order valence-corrected chi connectivity index (χ1v) is 7.76. The maximum Gasteiger partial charge on any atom is 0.161 e. The Balaban J connectivity index is 1.67. The fourth-order valence-electron chi connectivity index (χ4n) is 2.99. The molecule has 3 rings (SSSR count). The van der Waals surface area contributed by atoms with Gasteiger partial charge in [-0.3, -0.25) is 4.68 Å². The van der Waals surface area contributed by atoms with Crippen LogP contribution in [-0.4, -0.2) is 36.6 Å². The Labute approximate surface area is 136 Å². The third-order valence-corrected chi connectivity index (χ3v) is 4.26. The predicted molar refractivity (Wildman–Crippen MR) is 86.7 cm³/mol. The summed E-state index contributed by atoms with van der Waals surface area (Å²) in [6.45, 7) is 1.52. The zero-order valence-electron chi connectivity index (χ0n) is 13.8. The quantitative estimate of drug-likeness (QED) is 0.884. The number of rotatable bonds is 6. The van der Waals surface area contributed by atoms with Gasteiger partial charge >= 0.3 is 0 Å². The zero-order chi connectivity index (χ0) is 16.2. The summed E-state index contributed by atoms with van der Waals surface area (Å²) < 4.78 is 18.4. The average Bonchev–Trinajstić information content (AvgIpc) is 3.20. The molecule has 2 heterocycles. The number of ether oxygens (including phenoxy) is 3. The number of aromatic nitrogens is 2. The van der Waals surface area contributed by atoms with Crippen molar-refractivity contribution in [2.45, 2.75) is 25.1 Å². The summed E-state index contributed by atoms with van der Waals surface area (Å²) in [6, 6.07) is 8.27. The van der Waals surface area contributed by atoms with Crippen molar-refractivity contribution < 1.29 is 14.2 Å². The lowest BCUT2D eigenvalue weighted by atomic mass is 10.1. The molecule has 6 nitrogen and oxygen atoms in total. The van der Waals surface area contributed by atoms with Crippen molar-refractivity contribution in [2.24, 2.45) is 7.05 Å². The van der Waals surface area contributed by atoms with Gasteiger partial charge in [0.25, 0.3) is 0 Å². The molecular formula is C17H23N3O3. The van der Waals surface area contributed by atoms with Crippen LogP contribution in [0.25, 0.3) is 0 Å². The van der Waals surface area contributed by atoms with E-state index in [1.54, 1.807) is 14.2 Å². The van der Waals surface area contributed by atoms with E-state index in [-0.39, 0.29) is 12.1 Å². The molecule has 0 saturated carbocycles. The Morgan fingerprint density at radius 3 is 2.78 bits per heavy atom. The van der Waals surface area contributed by atoms with Crippen molar-refractivity contribution in [3.63, 3.8) is 0 Å². The van der Waals surface area contributed by atoms with E-state index in [4.69, 9.17) is 14.2 Å². The highest BCUT2D eigenvalue weighted by Crippen LogP contribution is 2.30. The molecule has 0 bridgehead atoms. The standard InChI is InChI=1S/C17H23N3O3/c1-20-14(6-8-19-20)17-13(7-9-23-17)18-11-12-4-5-15(21-2)16(10-12)22-3/h4-6,8,10,13,17-18H,7,9,11H2,1-3H3/t13-,17-/m0/s1. The summed E-state index contributed by atoms with van der Waals surface area (Å²) in [6.07, 6.45) is 2.84. The molecule has 1 aromatic heterocycles. The number of hydrogen-bond donors (Lipinski definition) is 1. The molecule has 1 aliphatic heterocycles. The van der Waals surface area contributed by atoms with Crippen LogP contribution in [0.5, 0.6) is 11.5 Å². The number of methoxy groups -OCH3 is 2. The van der Waals surface area contributed by atoms with Gasteiger partial charge in [0, 0.05) is 32.4 Å². The molecule has 2 aromatic rings. The first-order valence-electron chi connectivity index (χ1n) is 7.76. The highest BCUT2D eigenvalue weighted by Gasteiger charge is 2.31. The highest BCUT2D eigenvalue weighted by atomic mass is 16.5. The van der Waals surface area contributed by atoms with E-state index in [0.717, 1.165) is 42.3 Å². The maximum absolute atomic E-state index is 5.89. The van der Waals surface area contributed by atoms with Gasteiger partial charge in [0.15, 0.2) is 11.5 Å². The number of nitrogens with one attached hydrogen (secondary N) is 1. The van der Waals surface area contributed by atoms with Gasteiger partial charge in [0.2, 0.25) is 0 Å². The first-order chi connectivity index (χ1) is 11.2. The van der Waals surface area contributed by atoms with Crippen LogP contribution < -0.4 is 14.8 Å². The van der Waals surface area contributed by atoms with E-state index < -0.39 is 0 Å².